The second-order valence-electron chi connectivity index (χ2n) is 3.86. The SMILES string of the molecule is CC(NC(=O)CCCCCN)c1ncc[nH]1. The van der Waals surface area contributed by atoms with Crippen LogP contribution in [0.2, 0.25) is 0 Å². The summed E-state index contributed by atoms with van der Waals surface area (Å²) in [6.45, 7) is 2.61. The summed E-state index contributed by atoms with van der Waals surface area (Å²) in [5.41, 5.74) is 5.38. The van der Waals surface area contributed by atoms with Gasteiger partial charge >= 0.3 is 0 Å². The summed E-state index contributed by atoms with van der Waals surface area (Å²) in [6.07, 6.45) is 6.89. The van der Waals surface area contributed by atoms with Gasteiger partial charge in [-0.15, -0.1) is 0 Å². The van der Waals surface area contributed by atoms with E-state index in [1.165, 1.54) is 0 Å². The number of hydrogen-bond donors (Lipinski definition) is 3. The molecule has 0 fully saturated rings. The molecule has 0 saturated carbocycles. The van der Waals surface area contributed by atoms with Gasteiger partial charge in [0, 0.05) is 18.8 Å². The van der Waals surface area contributed by atoms with Crippen LogP contribution in [0.1, 0.15) is 44.5 Å². The molecular formula is C11H20N4O. The second-order valence-corrected chi connectivity index (χ2v) is 3.86. The Morgan fingerprint density at radius 2 is 2.38 bits per heavy atom. The van der Waals surface area contributed by atoms with Crippen molar-refractivity contribution >= 4 is 5.91 Å². The topological polar surface area (TPSA) is 83.8 Å². The lowest BCUT2D eigenvalue weighted by Crippen LogP contribution is -2.27. The number of aromatic amines is 1. The summed E-state index contributed by atoms with van der Waals surface area (Å²) >= 11 is 0. The predicted molar refractivity (Wildman–Crippen MR) is 62.7 cm³/mol. The molecule has 5 heteroatoms. The van der Waals surface area contributed by atoms with Crippen LogP contribution in [0.25, 0.3) is 0 Å². The van der Waals surface area contributed by atoms with Crippen LogP contribution in [0.3, 0.4) is 0 Å². The first-order valence-electron chi connectivity index (χ1n) is 5.72. The Kier molecular flexibility index (Phi) is 5.56. The van der Waals surface area contributed by atoms with Crippen molar-refractivity contribution < 1.29 is 4.79 Å². The lowest BCUT2D eigenvalue weighted by Gasteiger charge is -2.11. The first-order chi connectivity index (χ1) is 7.74. The number of imidazole rings is 1. The number of carbonyl (C=O) groups is 1. The van der Waals surface area contributed by atoms with Gasteiger partial charge in [-0.25, -0.2) is 4.98 Å². The zero-order chi connectivity index (χ0) is 11.8. The van der Waals surface area contributed by atoms with Crippen molar-refractivity contribution in [1.29, 1.82) is 0 Å². The standard InChI is InChI=1S/C11H20N4O/c1-9(11-13-7-8-14-11)15-10(16)5-3-2-4-6-12/h7-9H,2-6,12H2,1H3,(H,13,14)(H,15,16). The zero-order valence-electron chi connectivity index (χ0n) is 9.70. The summed E-state index contributed by atoms with van der Waals surface area (Å²) < 4.78 is 0. The second kappa shape index (κ2) is 7.00. The van der Waals surface area contributed by atoms with Gasteiger partial charge < -0.3 is 16.0 Å². The molecule has 1 rings (SSSR count). The van der Waals surface area contributed by atoms with Crippen LogP contribution in [0.15, 0.2) is 12.4 Å². The van der Waals surface area contributed by atoms with Gasteiger partial charge in [0.2, 0.25) is 5.91 Å². The van der Waals surface area contributed by atoms with E-state index < -0.39 is 0 Å². The van der Waals surface area contributed by atoms with E-state index >= 15 is 0 Å². The van der Waals surface area contributed by atoms with Crippen molar-refractivity contribution in [3.8, 4) is 0 Å². The first kappa shape index (κ1) is 12.7. The molecule has 0 aliphatic rings. The molecule has 16 heavy (non-hydrogen) atoms. The van der Waals surface area contributed by atoms with E-state index in [4.69, 9.17) is 5.73 Å². The lowest BCUT2D eigenvalue weighted by atomic mass is 10.2. The van der Waals surface area contributed by atoms with Crippen LogP contribution in [0.5, 0.6) is 0 Å². The Hall–Kier alpha value is -1.36. The molecular weight excluding hydrogens is 204 g/mol. The number of unbranched alkanes of at least 4 members (excludes halogenated alkanes) is 2. The Labute approximate surface area is 95.8 Å². The molecule has 0 radical (unpaired) electrons. The minimum Gasteiger partial charge on any atom is -0.347 e. The third kappa shape index (κ3) is 4.44. The Bertz CT molecular complexity index is 297. The average molecular weight is 224 g/mol. The molecule has 0 saturated heterocycles. The van der Waals surface area contributed by atoms with Crippen molar-refractivity contribution in [3.63, 3.8) is 0 Å². The maximum absolute atomic E-state index is 11.5. The van der Waals surface area contributed by atoms with Gasteiger partial charge in [0.05, 0.1) is 6.04 Å². The number of amides is 1. The van der Waals surface area contributed by atoms with Crippen LogP contribution in [-0.4, -0.2) is 22.4 Å². The van der Waals surface area contributed by atoms with Gasteiger partial charge in [-0.2, -0.15) is 0 Å². The molecule has 4 N–H and O–H groups in total. The highest BCUT2D eigenvalue weighted by atomic mass is 16.1. The fourth-order valence-corrected chi connectivity index (χ4v) is 1.50. The first-order valence-corrected chi connectivity index (χ1v) is 5.72. The molecule has 0 aliphatic carbocycles. The van der Waals surface area contributed by atoms with E-state index in [0.717, 1.165) is 25.1 Å². The van der Waals surface area contributed by atoms with Gasteiger partial charge in [-0.3, -0.25) is 4.79 Å². The molecule has 90 valence electrons. The smallest absolute Gasteiger partial charge is 0.220 e. The van der Waals surface area contributed by atoms with Gasteiger partial charge in [-0.05, 0) is 26.3 Å². The molecule has 1 amide bonds. The third-order valence-electron chi connectivity index (χ3n) is 2.41. The summed E-state index contributed by atoms with van der Waals surface area (Å²) in [7, 11) is 0. The third-order valence-corrected chi connectivity index (χ3v) is 2.41. The van der Waals surface area contributed by atoms with Gasteiger partial charge in [0.15, 0.2) is 0 Å². The fraction of sp³-hybridized carbons (Fsp3) is 0.636. The summed E-state index contributed by atoms with van der Waals surface area (Å²) in [6, 6.07) is -0.0583. The summed E-state index contributed by atoms with van der Waals surface area (Å²) in [4.78, 5) is 18.6. The highest BCUT2D eigenvalue weighted by molar-refractivity contribution is 5.76. The van der Waals surface area contributed by atoms with E-state index in [1.807, 2.05) is 6.92 Å². The van der Waals surface area contributed by atoms with E-state index in [0.29, 0.717) is 13.0 Å². The van der Waals surface area contributed by atoms with Crippen LogP contribution >= 0.6 is 0 Å². The number of H-pyrrole nitrogens is 1. The number of hydrogen-bond acceptors (Lipinski definition) is 3. The van der Waals surface area contributed by atoms with Crippen molar-refractivity contribution in [2.45, 2.75) is 38.6 Å². The zero-order valence-corrected chi connectivity index (χ0v) is 9.70. The van der Waals surface area contributed by atoms with Crippen LogP contribution in [-0.2, 0) is 4.79 Å². The number of aromatic nitrogens is 2. The number of rotatable bonds is 7. The van der Waals surface area contributed by atoms with Crippen LogP contribution in [0, 0.1) is 0 Å². The summed E-state index contributed by atoms with van der Waals surface area (Å²) in [5.74, 6) is 0.858. The lowest BCUT2D eigenvalue weighted by molar-refractivity contribution is -0.121. The molecule has 1 aromatic heterocycles. The minimum atomic E-state index is -0.0583. The normalized spacial score (nSPS) is 12.4. The Balaban J connectivity index is 2.19. The largest absolute Gasteiger partial charge is 0.347 e. The molecule has 0 spiro atoms. The van der Waals surface area contributed by atoms with Crippen molar-refractivity contribution in [2.75, 3.05) is 6.54 Å². The molecule has 1 unspecified atom stereocenters. The molecule has 1 atom stereocenters. The predicted octanol–water partition coefficient (Wildman–Crippen LogP) is 1.11. The highest BCUT2D eigenvalue weighted by Gasteiger charge is 2.10. The molecule has 5 nitrogen and oxygen atoms in total. The Morgan fingerprint density at radius 1 is 1.56 bits per heavy atom. The maximum atomic E-state index is 11.5. The fourth-order valence-electron chi connectivity index (χ4n) is 1.50. The molecule has 1 heterocycles. The average Bonchev–Trinajstić information content (AvgIpc) is 2.77. The minimum absolute atomic E-state index is 0.0583. The van der Waals surface area contributed by atoms with E-state index in [1.54, 1.807) is 12.4 Å². The highest BCUT2D eigenvalue weighted by Crippen LogP contribution is 2.06. The maximum Gasteiger partial charge on any atom is 0.220 e. The number of nitrogens with two attached hydrogens (primary N) is 1. The van der Waals surface area contributed by atoms with E-state index in [-0.39, 0.29) is 11.9 Å². The van der Waals surface area contributed by atoms with E-state index in [9.17, 15) is 4.79 Å². The molecule has 0 aromatic carbocycles. The van der Waals surface area contributed by atoms with Crippen molar-refractivity contribution in [2.24, 2.45) is 5.73 Å². The number of nitrogens with one attached hydrogen (secondary N) is 2. The van der Waals surface area contributed by atoms with Crippen LogP contribution in [0.4, 0.5) is 0 Å². The van der Waals surface area contributed by atoms with Gasteiger partial charge in [-0.1, -0.05) is 6.42 Å². The quantitative estimate of drug-likeness (QED) is 0.606. The molecule has 0 bridgehead atoms. The molecule has 0 aliphatic heterocycles. The monoisotopic (exact) mass is 224 g/mol. The van der Waals surface area contributed by atoms with Gasteiger partial charge in [0.1, 0.15) is 5.82 Å². The van der Waals surface area contributed by atoms with E-state index in [2.05, 4.69) is 15.3 Å². The number of nitrogens with zero attached hydrogens (tertiary/aromatic N) is 1. The summed E-state index contributed by atoms with van der Waals surface area (Å²) in [5, 5.41) is 2.90. The number of carbonyl (C=O) groups excluding carboxylic acids is 1. The van der Waals surface area contributed by atoms with Crippen molar-refractivity contribution in [3.05, 3.63) is 18.2 Å². The Morgan fingerprint density at radius 3 is 3.00 bits per heavy atom. The van der Waals surface area contributed by atoms with Crippen LogP contribution < -0.4 is 11.1 Å². The molecule has 1 aromatic rings. The van der Waals surface area contributed by atoms with Gasteiger partial charge in [0.25, 0.3) is 0 Å². The van der Waals surface area contributed by atoms with Crippen molar-refractivity contribution in [1.82, 2.24) is 15.3 Å².